The van der Waals surface area contributed by atoms with E-state index in [9.17, 15) is 9.59 Å². The molecule has 7 heteroatoms. The summed E-state index contributed by atoms with van der Waals surface area (Å²) in [4.78, 5) is 28.3. The first-order chi connectivity index (χ1) is 10.1. The maximum atomic E-state index is 12.2. The molecule has 1 amide bonds. The second-order valence-electron chi connectivity index (χ2n) is 4.74. The lowest BCUT2D eigenvalue weighted by Crippen LogP contribution is -2.41. The molecule has 0 aromatic carbocycles. The van der Waals surface area contributed by atoms with Crippen LogP contribution >= 0.6 is 0 Å². The number of likely N-dealkylation sites (tertiary alicyclic amines) is 1. The van der Waals surface area contributed by atoms with Crippen LogP contribution in [-0.2, 0) is 9.53 Å². The molecule has 0 radical (unpaired) electrons. The molecule has 110 valence electrons. The molecule has 0 saturated carbocycles. The molecule has 0 spiro atoms. The van der Waals surface area contributed by atoms with Crippen molar-refractivity contribution in [2.24, 2.45) is 0 Å². The Kier molecular flexibility index (Phi) is 4.85. The van der Waals surface area contributed by atoms with Gasteiger partial charge in [-0.3, -0.25) is 4.79 Å². The first-order valence-corrected chi connectivity index (χ1v) is 6.59. The molecule has 0 bridgehead atoms. The van der Waals surface area contributed by atoms with E-state index in [0.717, 1.165) is 0 Å². The first kappa shape index (κ1) is 14.9. The molecule has 1 aromatic heterocycles. The number of hydrogen-bond acceptors (Lipinski definition) is 5. The molecule has 21 heavy (non-hydrogen) atoms. The Bertz CT molecular complexity index is 557. The lowest BCUT2D eigenvalue weighted by molar-refractivity contribution is -0.145. The van der Waals surface area contributed by atoms with Gasteiger partial charge in [0, 0.05) is 19.3 Å². The van der Waals surface area contributed by atoms with Gasteiger partial charge in [-0.15, -0.1) is 0 Å². The third-order valence-electron chi connectivity index (χ3n) is 3.28. The smallest absolute Gasteiger partial charge is 0.329 e. The van der Waals surface area contributed by atoms with Crippen LogP contribution in [0.2, 0.25) is 0 Å². The van der Waals surface area contributed by atoms with Gasteiger partial charge in [0.05, 0.1) is 11.7 Å². The third-order valence-corrected chi connectivity index (χ3v) is 3.28. The minimum absolute atomic E-state index is 0.126. The third kappa shape index (κ3) is 4.00. The van der Waals surface area contributed by atoms with Crippen molar-refractivity contribution in [2.75, 3.05) is 19.7 Å². The summed E-state index contributed by atoms with van der Waals surface area (Å²) in [5.41, 5.74) is 0.714. The van der Waals surface area contributed by atoms with Gasteiger partial charge >= 0.3 is 5.97 Å². The van der Waals surface area contributed by atoms with E-state index in [1.165, 1.54) is 12.3 Å². The highest BCUT2D eigenvalue weighted by molar-refractivity contribution is 5.92. The summed E-state index contributed by atoms with van der Waals surface area (Å²) in [6.07, 6.45) is 2.46. The Morgan fingerprint density at radius 2 is 2.14 bits per heavy atom. The Morgan fingerprint density at radius 1 is 1.43 bits per heavy atom. The average molecular weight is 289 g/mol. The highest BCUT2D eigenvalue weighted by Gasteiger charge is 2.25. The van der Waals surface area contributed by atoms with E-state index in [1.807, 2.05) is 6.07 Å². The van der Waals surface area contributed by atoms with Crippen LogP contribution < -0.4 is 0 Å². The summed E-state index contributed by atoms with van der Waals surface area (Å²) >= 11 is 0. The molecule has 1 N–H and O–H groups in total. The second-order valence-corrected chi connectivity index (χ2v) is 4.74. The van der Waals surface area contributed by atoms with Crippen molar-refractivity contribution in [2.45, 2.75) is 18.9 Å². The summed E-state index contributed by atoms with van der Waals surface area (Å²) < 4.78 is 5.22. The maximum absolute atomic E-state index is 12.2. The zero-order chi connectivity index (χ0) is 15.2. The van der Waals surface area contributed by atoms with E-state index in [0.29, 0.717) is 37.2 Å². The van der Waals surface area contributed by atoms with Crippen LogP contribution in [0.25, 0.3) is 0 Å². The van der Waals surface area contributed by atoms with Crippen molar-refractivity contribution < 1.29 is 19.4 Å². The number of nitriles is 1. The molecule has 1 aliphatic heterocycles. The molecule has 2 rings (SSSR count). The first-order valence-electron chi connectivity index (χ1n) is 6.59. The summed E-state index contributed by atoms with van der Waals surface area (Å²) in [6.45, 7) is 0.700. The van der Waals surface area contributed by atoms with Crippen LogP contribution in [0.5, 0.6) is 0 Å². The van der Waals surface area contributed by atoms with Gasteiger partial charge in [0.15, 0.2) is 0 Å². The van der Waals surface area contributed by atoms with E-state index in [4.69, 9.17) is 15.1 Å². The van der Waals surface area contributed by atoms with Crippen LogP contribution in [0, 0.1) is 11.3 Å². The Hall–Kier alpha value is -2.46. The zero-order valence-electron chi connectivity index (χ0n) is 11.4. The lowest BCUT2D eigenvalue weighted by atomic mass is 10.1. The summed E-state index contributed by atoms with van der Waals surface area (Å²) in [5, 5.41) is 17.2. The van der Waals surface area contributed by atoms with E-state index in [2.05, 4.69) is 4.98 Å². The largest absolute Gasteiger partial charge is 0.480 e. The van der Waals surface area contributed by atoms with Crippen LogP contribution in [0.4, 0.5) is 0 Å². The SMILES string of the molecule is N#Cc1ccc(C(=O)N2CCC(OCC(=O)O)CC2)nc1. The Labute approximate surface area is 121 Å². The van der Waals surface area contributed by atoms with E-state index >= 15 is 0 Å². The molecular weight excluding hydrogens is 274 g/mol. The van der Waals surface area contributed by atoms with Crippen LogP contribution in [-0.4, -0.2) is 52.7 Å². The molecule has 0 unspecified atom stereocenters. The summed E-state index contributed by atoms with van der Waals surface area (Å²) in [6, 6.07) is 5.04. The van der Waals surface area contributed by atoms with Gasteiger partial charge in [0.25, 0.3) is 5.91 Å². The fraction of sp³-hybridized carbons (Fsp3) is 0.429. The number of hydrogen-bond donors (Lipinski definition) is 1. The molecule has 1 aliphatic rings. The number of carboxylic acid groups (broad SMARTS) is 1. The molecule has 1 aromatic rings. The number of ether oxygens (including phenoxy) is 1. The number of aromatic nitrogens is 1. The number of aliphatic carboxylic acids is 1. The van der Waals surface area contributed by atoms with Crippen molar-refractivity contribution in [3.8, 4) is 6.07 Å². The molecule has 7 nitrogen and oxygen atoms in total. The predicted octanol–water partition coefficient (Wildman–Crippen LogP) is 0.659. The van der Waals surface area contributed by atoms with Crippen molar-refractivity contribution in [3.05, 3.63) is 29.6 Å². The number of carbonyl (C=O) groups excluding carboxylic acids is 1. The number of carboxylic acids is 1. The number of piperidine rings is 1. The van der Waals surface area contributed by atoms with Gasteiger partial charge in [0.2, 0.25) is 0 Å². The fourth-order valence-corrected chi connectivity index (χ4v) is 2.16. The molecule has 0 atom stereocenters. The number of carbonyl (C=O) groups is 2. The van der Waals surface area contributed by atoms with Crippen LogP contribution in [0.3, 0.4) is 0 Å². The van der Waals surface area contributed by atoms with Gasteiger partial charge < -0.3 is 14.7 Å². The van der Waals surface area contributed by atoms with E-state index in [1.54, 1.807) is 11.0 Å². The fourth-order valence-electron chi connectivity index (χ4n) is 2.16. The number of nitrogens with zero attached hydrogens (tertiary/aromatic N) is 3. The quantitative estimate of drug-likeness (QED) is 0.873. The van der Waals surface area contributed by atoms with Gasteiger partial charge in [-0.05, 0) is 25.0 Å². The van der Waals surface area contributed by atoms with Crippen LogP contribution in [0.1, 0.15) is 28.9 Å². The van der Waals surface area contributed by atoms with E-state index in [-0.39, 0.29) is 18.6 Å². The highest BCUT2D eigenvalue weighted by atomic mass is 16.5. The van der Waals surface area contributed by atoms with E-state index < -0.39 is 5.97 Å². The van der Waals surface area contributed by atoms with Crippen LogP contribution in [0.15, 0.2) is 18.3 Å². The van der Waals surface area contributed by atoms with Crippen molar-refractivity contribution in [3.63, 3.8) is 0 Å². The standard InChI is InChI=1S/C14H15N3O4/c15-7-10-1-2-12(16-8-10)14(20)17-5-3-11(4-6-17)21-9-13(18)19/h1-2,8,11H,3-6,9H2,(H,18,19). The molecule has 2 heterocycles. The number of pyridine rings is 1. The number of rotatable bonds is 4. The highest BCUT2D eigenvalue weighted by Crippen LogP contribution is 2.15. The minimum Gasteiger partial charge on any atom is -0.480 e. The van der Waals surface area contributed by atoms with Crippen molar-refractivity contribution >= 4 is 11.9 Å². The van der Waals surface area contributed by atoms with Gasteiger partial charge in [-0.1, -0.05) is 0 Å². The monoisotopic (exact) mass is 289 g/mol. The molecule has 0 aliphatic carbocycles. The second kappa shape index (κ2) is 6.81. The Balaban J connectivity index is 1.88. The van der Waals surface area contributed by atoms with Gasteiger partial charge in [-0.25, -0.2) is 9.78 Å². The zero-order valence-corrected chi connectivity index (χ0v) is 11.4. The molecule has 1 fully saturated rings. The maximum Gasteiger partial charge on any atom is 0.329 e. The van der Waals surface area contributed by atoms with Gasteiger partial charge in [-0.2, -0.15) is 5.26 Å². The van der Waals surface area contributed by atoms with Gasteiger partial charge in [0.1, 0.15) is 18.4 Å². The molecule has 1 saturated heterocycles. The minimum atomic E-state index is -0.990. The van der Waals surface area contributed by atoms with Crippen molar-refractivity contribution in [1.82, 2.24) is 9.88 Å². The summed E-state index contributed by atoms with van der Waals surface area (Å²) in [7, 11) is 0. The molecular formula is C14H15N3O4. The van der Waals surface area contributed by atoms with Crippen molar-refractivity contribution in [1.29, 1.82) is 5.26 Å². The predicted molar refractivity (Wildman–Crippen MR) is 71.5 cm³/mol. The lowest BCUT2D eigenvalue weighted by Gasteiger charge is -2.31. The number of amides is 1. The topological polar surface area (TPSA) is 104 Å². The Morgan fingerprint density at radius 3 is 2.67 bits per heavy atom. The average Bonchev–Trinajstić information content (AvgIpc) is 2.53. The normalized spacial score (nSPS) is 15.5. The summed E-state index contributed by atoms with van der Waals surface area (Å²) in [5.74, 6) is -1.17.